The minimum absolute atomic E-state index is 0.348. The van der Waals surface area contributed by atoms with Crippen LogP contribution in [0.4, 0.5) is 0 Å². The molecule has 0 radical (unpaired) electrons. The minimum atomic E-state index is 0.348. The molecule has 134 valence electrons. The van der Waals surface area contributed by atoms with Gasteiger partial charge in [-0.25, -0.2) is 4.98 Å². The van der Waals surface area contributed by atoms with Crippen LogP contribution in [0.3, 0.4) is 0 Å². The zero-order chi connectivity index (χ0) is 17.1. The third kappa shape index (κ3) is 3.87. The van der Waals surface area contributed by atoms with Gasteiger partial charge in [0, 0.05) is 43.2 Å². The number of hydrogen-bond donors (Lipinski definition) is 1. The summed E-state index contributed by atoms with van der Waals surface area (Å²) in [7, 11) is 2.04. The molecule has 4 rings (SSSR count). The second-order valence-electron chi connectivity index (χ2n) is 7.38. The third-order valence-corrected chi connectivity index (χ3v) is 5.57. The van der Waals surface area contributed by atoms with Crippen molar-refractivity contribution in [1.29, 1.82) is 0 Å². The number of ether oxygens (including phenoxy) is 1. The highest BCUT2D eigenvalue weighted by atomic mass is 16.5. The highest BCUT2D eigenvalue weighted by Crippen LogP contribution is 2.29. The fraction of sp³-hybridized carbons (Fsp3) is 0.600. The van der Waals surface area contributed by atoms with Crippen molar-refractivity contribution in [3.05, 3.63) is 41.3 Å². The number of pyridine rings is 1. The molecule has 0 saturated heterocycles. The van der Waals surface area contributed by atoms with Crippen molar-refractivity contribution in [2.75, 3.05) is 0 Å². The van der Waals surface area contributed by atoms with Crippen molar-refractivity contribution in [1.82, 2.24) is 20.1 Å². The van der Waals surface area contributed by atoms with Gasteiger partial charge in [0.25, 0.3) is 0 Å². The van der Waals surface area contributed by atoms with Crippen molar-refractivity contribution in [2.45, 2.75) is 70.1 Å². The van der Waals surface area contributed by atoms with Gasteiger partial charge >= 0.3 is 0 Å². The predicted molar refractivity (Wildman–Crippen MR) is 97.5 cm³/mol. The van der Waals surface area contributed by atoms with Crippen molar-refractivity contribution >= 4 is 0 Å². The number of nitrogens with zero attached hydrogens (tertiary/aromatic N) is 3. The summed E-state index contributed by atoms with van der Waals surface area (Å²) < 4.78 is 8.11. The van der Waals surface area contributed by atoms with Gasteiger partial charge in [0.2, 0.25) is 5.88 Å². The quantitative estimate of drug-likeness (QED) is 0.902. The second kappa shape index (κ2) is 7.56. The molecule has 2 aliphatic rings. The van der Waals surface area contributed by atoms with Crippen LogP contribution in [-0.4, -0.2) is 20.9 Å². The van der Waals surface area contributed by atoms with Crippen molar-refractivity contribution in [3.63, 3.8) is 0 Å². The Kier molecular flexibility index (Phi) is 5.02. The van der Waals surface area contributed by atoms with E-state index in [1.54, 1.807) is 0 Å². The van der Waals surface area contributed by atoms with Crippen LogP contribution in [0.5, 0.6) is 5.88 Å². The lowest BCUT2D eigenvalue weighted by atomic mass is 9.93. The first-order chi connectivity index (χ1) is 12.3. The number of aromatic nitrogens is 3. The zero-order valence-corrected chi connectivity index (χ0v) is 15.1. The number of fused-ring (bicyclic) bond motifs is 1. The third-order valence-electron chi connectivity index (χ3n) is 5.57. The van der Waals surface area contributed by atoms with Gasteiger partial charge in [-0.3, -0.25) is 4.68 Å². The van der Waals surface area contributed by atoms with Crippen LogP contribution in [0.15, 0.2) is 24.5 Å². The first-order valence-electron chi connectivity index (χ1n) is 9.65. The van der Waals surface area contributed by atoms with Gasteiger partial charge in [-0.15, -0.1) is 0 Å². The first-order valence-corrected chi connectivity index (χ1v) is 9.65. The van der Waals surface area contributed by atoms with E-state index in [0.717, 1.165) is 31.7 Å². The summed E-state index contributed by atoms with van der Waals surface area (Å²) in [6, 6.07) is 4.57. The Labute approximate surface area is 149 Å². The molecule has 0 amide bonds. The van der Waals surface area contributed by atoms with E-state index in [2.05, 4.69) is 27.5 Å². The maximum atomic E-state index is 6.10. The maximum absolute atomic E-state index is 6.10. The Morgan fingerprint density at radius 3 is 2.96 bits per heavy atom. The highest BCUT2D eigenvalue weighted by Gasteiger charge is 2.23. The number of hydrogen-bond acceptors (Lipinski definition) is 4. The van der Waals surface area contributed by atoms with Gasteiger partial charge in [-0.2, -0.15) is 5.10 Å². The van der Waals surface area contributed by atoms with Crippen LogP contribution in [-0.2, 0) is 20.0 Å². The summed E-state index contributed by atoms with van der Waals surface area (Å²) in [6.45, 7) is 0.836. The molecular formula is C20H28N4O. The molecule has 5 nitrogen and oxygen atoms in total. The molecule has 0 bridgehead atoms. The molecule has 1 unspecified atom stereocenters. The fourth-order valence-electron chi connectivity index (χ4n) is 4.14. The van der Waals surface area contributed by atoms with Gasteiger partial charge in [-0.1, -0.05) is 6.42 Å². The molecule has 2 aromatic heterocycles. The van der Waals surface area contributed by atoms with E-state index >= 15 is 0 Å². The summed E-state index contributed by atoms with van der Waals surface area (Å²) in [5, 5.41) is 8.13. The lowest BCUT2D eigenvalue weighted by molar-refractivity contribution is 0.148. The van der Waals surface area contributed by atoms with E-state index in [4.69, 9.17) is 4.74 Å². The Hall–Kier alpha value is -1.88. The van der Waals surface area contributed by atoms with Crippen LogP contribution in [0.2, 0.25) is 0 Å². The molecule has 1 fully saturated rings. The van der Waals surface area contributed by atoms with Gasteiger partial charge in [0.15, 0.2) is 0 Å². The summed E-state index contributed by atoms with van der Waals surface area (Å²) in [5.74, 6) is 0.775. The molecule has 1 N–H and O–H groups in total. The smallest absolute Gasteiger partial charge is 0.213 e. The predicted octanol–water partition coefficient (Wildman–Crippen LogP) is 3.69. The first kappa shape index (κ1) is 16.6. The maximum Gasteiger partial charge on any atom is 0.213 e. The van der Waals surface area contributed by atoms with Gasteiger partial charge < -0.3 is 10.1 Å². The fourth-order valence-corrected chi connectivity index (χ4v) is 4.14. The molecule has 25 heavy (non-hydrogen) atoms. The summed E-state index contributed by atoms with van der Waals surface area (Å²) in [6.07, 6.45) is 14.0. The van der Waals surface area contributed by atoms with Crippen LogP contribution < -0.4 is 10.1 Å². The Morgan fingerprint density at radius 1 is 1.20 bits per heavy atom. The molecule has 2 aromatic rings. The average Bonchev–Trinajstić information content (AvgIpc) is 3.03. The molecule has 2 heterocycles. The van der Waals surface area contributed by atoms with Crippen molar-refractivity contribution < 1.29 is 4.74 Å². The Morgan fingerprint density at radius 2 is 2.08 bits per heavy atom. The molecule has 2 aliphatic carbocycles. The van der Waals surface area contributed by atoms with E-state index in [-0.39, 0.29) is 0 Å². The normalized spacial score (nSPS) is 21.1. The summed E-state index contributed by atoms with van der Waals surface area (Å²) in [5.41, 5.74) is 3.97. The van der Waals surface area contributed by atoms with E-state index < -0.39 is 0 Å². The van der Waals surface area contributed by atoms with E-state index in [1.807, 2.05) is 24.1 Å². The molecule has 0 spiro atoms. The molecule has 1 atom stereocenters. The topological polar surface area (TPSA) is 52.0 Å². The van der Waals surface area contributed by atoms with Gasteiger partial charge in [0.1, 0.15) is 6.10 Å². The lowest BCUT2D eigenvalue weighted by Crippen LogP contribution is -2.25. The highest BCUT2D eigenvalue weighted by molar-refractivity contribution is 5.26. The molecule has 5 heteroatoms. The molecular weight excluding hydrogens is 312 g/mol. The SMILES string of the molecule is Cn1ncc2c1CCCC2NCc1ccnc(OC2CCCCC2)c1. The van der Waals surface area contributed by atoms with E-state index in [0.29, 0.717) is 12.1 Å². The van der Waals surface area contributed by atoms with E-state index in [1.165, 1.54) is 48.9 Å². The van der Waals surface area contributed by atoms with Gasteiger partial charge in [-0.05, 0) is 56.6 Å². The molecule has 0 aliphatic heterocycles. The van der Waals surface area contributed by atoms with Gasteiger partial charge in [0.05, 0.1) is 6.20 Å². The minimum Gasteiger partial charge on any atom is -0.474 e. The number of aryl methyl sites for hydroxylation is 1. The monoisotopic (exact) mass is 340 g/mol. The number of rotatable bonds is 5. The van der Waals surface area contributed by atoms with Crippen molar-refractivity contribution in [3.8, 4) is 5.88 Å². The molecule has 1 saturated carbocycles. The summed E-state index contributed by atoms with van der Waals surface area (Å²) in [4.78, 5) is 4.40. The van der Waals surface area contributed by atoms with Crippen LogP contribution >= 0.6 is 0 Å². The van der Waals surface area contributed by atoms with Crippen LogP contribution in [0.25, 0.3) is 0 Å². The number of nitrogens with one attached hydrogen (secondary N) is 1. The standard InChI is InChI=1S/C20H28N4O/c1-24-19-9-5-8-18(17(19)14-23-24)22-13-15-10-11-21-20(12-15)25-16-6-3-2-4-7-16/h10-12,14,16,18,22H,2-9,13H2,1H3. The van der Waals surface area contributed by atoms with E-state index in [9.17, 15) is 0 Å². The Balaban J connectivity index is 1.37. The second-order valence-corrected chi connectivity index (χ2v) is 7.38. The Bertz CT molecular complexity index is 705. The summed E-state index contributed by atoms with van der Waals surface area (Å²) >= 11 is 0. The van der Waals surface area contributed by atoms with Crippen molar-refractivity contribution in [2.24, 2.45) is 7.05 Å². The van der Waals surface area contributed by atoms with Crippen LogP contribution in [0.1, 0.15) is 67.8 Å². The largest absolute Gasteiger partial charge is 0.474 e. The van der Waals surface area contributed by atoms with Crippen LogP contribution in [0, 0.1) is 0 Å². The zero-order valence-electron chi connectivity index (χ0n) is 15.1. The lowest BCUT2D eigenvalue weighted by Gasteiger charge is -2.24. The molecule has 0 aromatic carbocycles. The average molecular weight is 340 g/mol.